The summed E-state index contributed by atoms with van der Waals surface area (Å²) in [6, 6.07) is 0. The largest absolute Gasteiger partial charge is 0.459 e. The van der Waals surface area contributed by atoms with E-state index in [4.69, 9.17) is 9.47 Å². The molecular weight excluding hydrogens is 284 g/mol. The summed E-state index contributed by atoms with van der Waals surface area (Å²) in [5.41, 5.74) is -1.68. The van der Waals surface area contributed by atoms with E-state index in [1.165, 1.54) is 6.92 Å². The molecule has 1 N–H and O–H groups in total. The van der Waals surface area contributed by atoms with E-state index in [2.05, 4.69) is 13.8 Å². The normalized spacial score (nSPS) is 42.8. The topological polar surface area (TPSA) is 72.8 Å². The van der Waals surface area contributed by atoms with Crippen LogP contribution in [0.4, 0.5) is 0 Å². The third-order valence-corrected chi connectivity index (χ3v) is 6.03. The van der Waals surface area contributed by atoms with Gasteiger partial charge in [-0.25, -0.2) is 4.79 Å². The Kier molecular flexibility index (Phi) is 3.23. The maximum atomic E-state index is 12.0. The first-order valence-corrected chi connectivity index (χ1v) is 7.91. The molecule has 0 amide bonds. The van der Waals surface area contributed by atoms with Gasteiger partial charge in [0.25, 0.3) is 0 Å². The molecule has 1 unspecified atom stereocenters. The Morgan fingerprint density at radius 1 is 1.36 bits per heavy atom. The Labute approximate surface area is 130 Å². The Morgan fingerprint density at radius 2 is 2.05 bits per heavy atom. The zero-order valence-corrected chi connectivity index (χ0v) is 13.6. The van der Waals surface area contributed by atoms with Crippen LogP contribution in [-0.4, -0.2) is 35.4 Å². The number of esters is 2. The Bertz CT molecular complexity index is 563. The van der Waals surface area contributed by atoms with E-state index in [1.54, 1.807) is 6.08 Å². The van der Waals surface area contributed by atoms with Crippen LogP contribution in [0.1, 0.15) is 47.0 Å². The SMILES string of the molecule is CC(=O)O[C@H]1C=C2C(=O)OC[C@]2(O)[C@@]2(C)CCCC(C)(C)C12. The molecule has 5 heteroatoms. The lowest BCUT2D eigenvalue weighted by molar-refractivity contribution is -0.188. The van der Waals surface area contributed by atoms with Gasteiger partial charge in [-0.1, -0.05) is 27.2 Å². The van der Waals surface area contributed by atoms with Gasteiger partial charge in [-0.3, -0.25) is 4.79 Å². The molecule has 2 aliphatic carbocycles. The minimum Gasteiger partial charge on any atom is -0.459 e. The molecule has 0 bridgehead atoms. The molecule has 1 heterocycles. The van der Waals surface area contributed by atoms with Crippen LogP contribution < -0.4 is 0 Å². The second-order valence-electron chi connectivity index (χ2n) is 7.83. The van der Waals surface area contributed by atoms with Crippen LogP contribution in [0.2, 0.25) is 0 Å². The van der Waals surface area contributed by atoms with Crippen LogP contribution in [0.25, 0.3) is 0 Å². The van der Waals surface area contributed by atoms with E-state index in [9.17, 15) is 14.7 Å². The van der Waals surface area contributed by atoms with Crippen LogP contribution in [-0.2, 0) is 19.1 Å². The maximum Gasteiger partial charge on any atom is 0.337 e. The highest BCUT2D eigenvalue weighted by Gasteiger charge is 2.67. The van der Waals surface area contributed by atoms with Crippen LogP contribution in [0.5, 0.6) is 0 Å². The molecular formula is C17H24O5. The summed E-state index contributed by atoms with van der Waals surface area (Å²) >= 11 is 0. The van der Waals surface area contributed by atoms with Crippen molar-refractivity contribution in [3.05, 3.63) is 11.6 Å². The minimum atomic E-state index is -1.29. The van der Waals surface area contributed by atoms with Crippen molar-refractivity contribution >= 4 is 11.9 Å². The van der Waals surface area contributed by atoms with E-state index in [0.717, 1.165) is 19.3 Å². The summed E-state index contributed by atoms with van der Waals surface area (Å²) in [6.07, 6.45) is 3.87. The van der Waals surface area contributed by atoms with Gasteiger partial charge in [0, 0.05) is 18.3 Å². The van der Waals surface area contributed by atoms with Crippen molar-refractivity contribution in [2.75, 3.05) is 6.61 Å². The zero-order valence-electron chi connectivity index (χ0n) is 13.6. The molecule has 0 aromatic heterocycles. The number of ether oxygens (including phenoxy) is 2. The Hall–Kier alpha value is -1.36. The van der Waals surface area contributed by atoms with E-state index in [-0.39, 0.29) is 29.5 Å². The molecule has 0 aromatic carbocycles. The number of aliphatic hydroxyl groups is 1. The number of hydrogen-bond donors (Lipinski definition) is 1. The quantitative estimate of drug-likeness (QED) is 0.750. The van der Waals surface area contributed by atoms with Crippen molar-refractivity contribution in [2.45, 2.75) is 58.7 Å². The van der Waals surface area contributed by atoms with Gasteiger partial charge < -0.3 is 14.6 Å². The zero-order chi connectivity index (χ0) is 16.3. The molecule has 22 heavy (non-hydrogen) atoms. The molecule has 5 nitrogen and oxygen atoms in total. The van der Waals surface area contributed by atoms with Crippen molar-refractivity contribution in [1.82, 2.24) is 0 Å². The predicted molar refractivity (Wildman–Crippen MR) is 78.8 cm³/mol. The minimum absolute atomic E-state index is 0.00641. The predicted octanol–water partition coefficient (Wildman–Crippen LogP) is 1.98. The Balaban J connectivity index is 2.17. The molecule has 0 radical (unpaired) electrons. The van der Waals surface area contributed by atoms with Crippen molar-refractivity contribution in [2.24, 2.45) is 16.7 Å². The third kappa shape index (κ3) is 1.87. The fourth-order valence-corrected chi connectivity index (χ4v) is 5.08. The first-order valence-electron chi connectivity index (χ1n) is 7.91. The van der Waals surface area contributed by atoms with Crippen molar-refractivity contribution in [1.29, 1.82) is 0 Å². The van der Waals surface area contributed by atoms with Crippen LogP contribution in [0.3, 0.4) is 0 Å². The maximum absolute atomic E-state index is 12.0. The lowest BCUT2D eigenvalue weighted by atomic mass is 9.46. The van der Waals surface area contributed by atoms with Crippen molar-refractivity contribution < 1.29 is 24.2 Å². The molecule has 0 spiro atoms. The summed E-state index contributed by atoms with van der Waals surface area (Å²) in [4.78, 5) is 23.6. The fraction of sp³-hybridized carbons (Fsp3) is 0.765. The highest BCUT2D eigenvalue weighted by Crippen LogP contribution is 2.62. The standard InChI is InChI=1S/C17H24O5/c1-10(18)22-12-8-11-14(19)21-9-17(11,20)16(4)7-5-6-15(2,3)13(12)16/h8,12-13,20H,5-7,9H2,1-4H3/t12-,13?,16-,17+/m0/s1. The molecule has 2 fully saturated rings. The third-order valence-electron chi connectivity index (χ3n) is 6.03. The van der Waals surface area contributed by atoms with E-state index in [1.807, 2.05) is 6.92 Å². The van der Waals surface area contributed by atoms with E-state index in [0.29, 0.717) is 0 Å². The summed E-state index contributed by atoms with van der Waals surface area (Å²) in [6.45, 7) is 7.66. The number of carbonyl (C=O) groups is 2. The fourth-order valence-electron chi connectivity index (χ4n) is 5.08. The first-order chi connectivity index (χ1) is 10.1. The molecule has 1 saturated heterocycles. The summed E-state index contributed by atoms with van der Waals surface area (Å²) in [7, 11) is 0. The number of rotatable bonds is 1. The van der Waals surface area contributed by atoms with E-state index >= 15 is 0 Å². The number of fused-ring (bicyclic) bond motifs is 3. The average Bonchev–Trinajstić information content (AvgIpc) is 2.66. The van der Waals surface area contributed by atoms with Gasteiger partial charge in [0.1, 0.15) is 18.3 Å². The number of cyclic esters (lactones) is 1. The monoisotopic (exact) mass is 308 g/mol. The van der Waals surface area contributed by atoms with Gasteiger partial charge in [0.05, 0.1) is 5.57 Å². The number of carbonyl (C=O) groups excluding carboxylic acids is 2. The average molecular weight is 308 g/mol. The van der Waals surface area contributed by atoms with Crippen molar-refractivity contribution in [3.63, 3.8) is 0 Å². The molecule has 122 valence electrons. The lowest BCUT2D eigenvalue weighted by Gasteiger charge is -2.59. The van der Waals surface area contributed by atoms with Gasteiger partial charge in [-0.15, -0.1) is 0 Å². The number of hydrogen-bond acceptors (Lipinski definition) is 5. The lowest BCUT2D eigenvalue weighted by Crippen LogP contribution is -2.63. The van der Waals surface area contributed by atoms with Gasteiger partial charge in [0.15, 0.2) is 0 Å². The van der Waals surface area contributed by atoms with Crippen molar-refractivity contribution in [3.8, 4) is 0 Å². The van der Waals surface area contributed by atoms with Gasteiger partial charge >= 0.3 is 11.9 Å². The second-order valence-corrected chi connectivity index (χ2v) is 7.83. The highest BCUT2D eigenvalue weighted by atomic mass is 16.6. The Morgan fingerprint density at radius 3 is 2.68 bits per heavy atom. The summed E-state index contributed by atoms with van der Waals surface area (Å²) in [5, 5.41) is 11.3. The molecule has 3 aliphatic rings. The molecule has 0 aromatic rings. The van der Waals surface area contributed by atoms with E-state index < -0.39 is 23.1 Å². The van der Waals surface area contributed by atoms with Crippen LogP contribution >= 0.6 is 0 Å². The van der Waals surface area contributed by atoms with Crippen LogP contribution in [0.15, 0.2) is 11.6 Å². The second kappa shape index (κ2) is 4.57. The molecule has 4 atom stereocenters. The molecule has 1 saturated carbocycles. The molecule has 1 aliphatic heterocycles. The summed E-state index contributed by atoms with van der Waals surface area (Å²) < 4.78 is 10.7. The molecule has 3 rings (SSSR count). The van der Waals surface area contributed by atoms with Gasteiger partial charge in [0.2, 0.25) is 0 Å². The smallest absolute Gasteiger partial charge is 0.337 e. The van der Waals surface area contributed by atoms with Gasteiger partial charge in [-0.05, 0) is 24.3 Å². The summed E-state index contributed by atoms with van der Waals surface area (Å²) in [5.74, 6) is -0.925. The van der Waals surface area contributed by atoms with Crippen LogP contribution in [0, 0.1) is 16.7 Å². The van der Waals surface area contributed by atoms with Gasteiger partial charge in [-0.2, -0.15) is 0 Å². The first kappa shape index (κ1) is 15.5. The highest BCUT2D eigenvalue weighted by molar-refractivity contribution is 5.94.